The van der Waals surface area contributed by atoms with Gasteiger partial charge in [0.15, 0.2) is 0 Å². The predicted octanol–water partition coefficient (Wildman–Crippen LogP) is 3.40. The van der Waals surface area contributed by atoms with Gasteiger partial charge in [-0.1, -0.05) is 35.9 Å². The van der Waals surface area contributed by atoms with E-state index in [1.807, 2.05) is 25.2 Å². The number of rotatable bonds is 6. The molecule has 0 aliphatic carbocycles. The molecule has 0 heterocycles. The first-order valence-corrected chi connectivity index (χ1v) is 7.23. The third-order valence-corrected chi connectivity index (χ3v) is 3.79. The highest BCUT2D eigenvalue weighted by Gasteiger charge is 2.16. The second-order valence-corrected chi connectivity index (χ2v) is 5.30. The molecule has 0 saturated heterocycles. The zero-order chi connectivity index (χ0) is 15.2. The number of para-hydroxylation sites is 1. The van der Waals surface area contributed by atoms with Gasteiger partial charge in [0.05, 0.1) is 13.2 Å². The van der Waals surface area contributed by atoms with Crippen molar-refractivity contribution in [3.63, 3.8) is 0 Å². The van der Waals surface area contributed by atoms with Gasteiger partial charge < -0.3 is 15.0 Å². The summed E-state index contributed by atoms with van der Waals surface area (Å²) in [5, 5.41) is 3.38. The molecule has 21 heavy (non-hydrogen) atoms. The van der Waals surface area contributed by atoms with Crippen molar-refractivity contribution in [2.45, 2.75) is 13.0 Å². The highest BCUT2D eigenvalue weighted by atomic mass is 16.5. The summed E-state index contributed by atoms with van der Waals surface area (Å²) in [5.41, 5.74) is 3.68. The molecule has 0 aliphatic heterocycles. The van der Waals surface area contributed by atoms with Crippen LogP contribution in [0, 0.1) is 6.92 Å². The van der Waals surface area contributed by atoms with Gasteiger partial charge in [-0.25, -0.2) is 0 Å². The van der Waals surface area contributed by atoms with Crippen LogP contribution in [0.4, 0.5) is 5.69 Å². The van der Waals surface area contributed by atoms with Crippen LogP contribution in [0.5, 0.6) is 5.75 Å². The number of anilines is 1. The average Bonchev–Trinajstić information content (AvgIpc) is 2.53. The topological polar surface area (TPSA) is 24.5 Å². The van der Waals surface area contributed by atoms with Crippen LogP contribution in [0.15, 0.2) is 48.5 Å². The maximum absolute atomic E-state index is 5.47. The lowest BCUT2D eigenvalue weighted by Gasteiger charge is -2.27. The van der Waals surface area contributed by atoms with E-state index in [-0.39, 0.29) is 6.04 Å². The van der Waals surface area contributed by atoms with Crippen LogP contribution in [0.2, 0.25) is 0 Å². The van der Waals surface area contributed by atoms with E-state index in [0.717, 1.165) is 12.3 Å². The third kappa shape index (κ3) is 3.76. The van der Waals surface area contributed by atoms with Crippen molar-refractivity contribution < 1.29 is 4.74 Å². The molecule has 2 aromatic carbocycles. The lowest BCUT2D eigenvalue weighted by atomic mass is 10.0. The molecule has 0 aliphatic rings. The molecule has 0 spiro atoms. The Kier molecular flexibility index (Phi) is 5.23. The highest BCUT2D eigenvalue weighted by molar-refractivity contribution is 5.47. The Morgan fingerprint density at radius 1 is 1.10 bits per heavy atom. The molecule has 0 bridgehead atoms. The zero-order valence-corrected chi connectivity index (χ0v) is 13.3. The number of methoxy groups -OCH3 is 1. The second kappa shape index (κ2) is 7.14. The molecule has 0 amide bonds. The molecule has 0 radical (unpaired) electrons. The van der Waals surface area contributed by atoms with Crippen molar-refractivity contribution in [2.24, 2.45) is 0 Å². The minimum atomic E-state index is 0.215. The van der Waals surface area contributed by atoms with Gasteiger partial charge >= 0.3 is 0 Å². The molecule has 1 unspecified atom stereocenters. The minimum Gasteiger partial charge on any atom is -0.496 e. The number of likely N-dealkylation sites (N-methyl/N-ethyl adjacent to an activating group) is 2. The van der Waals surface area contributed by atoms with Gasteiger partial charge in [-0.2, -0.15) is 0 Å². The first-order chi connectivity index (χ1) is 10.2. The molecule has 0 saturated carbocycles. The van der Waals surface area contributed by atoms with E-state index in [2.05, 4.69) is 54.5 Å². The van der Waals surface area contributed by atoms with Crippen molar-refractivity contribution in [2.75, 3.05) is 32.6 Å². The summed E-state index contributed by atoms with van der Waals surface area (Å²) >= 11 is 0. The smallest absolute Gasteiger partial charge is 0.123 e. The van der Waals surface area contributed by atoms with Crippen molar-refractivity contribution in [1.82, 2.24) is 5.32 Å². The fourth-order valence-electron chi connectivity index (χ4n) is 2.48. The predicted molar refractivity (Wildman–Crippen MR) is 89.2 cm³/mol. The van der Waals surface area contributed by atoms with E-state index in [1.54, 1.807) is 7.11 Å². The number of hydrogen-bond acceptors (Lipinski definition) is 3. The van der Waals surface area contributed by atoms with Gasteiger partial charge in [-0.15, -0.1) is 0 Å². The molecule has 2 aromatic rings. The largest absolute Gasteiger partial charge is 0.496 e. The number of ether oxygens (including phenoxy) is 1. The van der Waals surface area contributed by atoms with E-state index >= 15 is 0 Å². The van der Waals surface area contributed by atoms with Crippen molar-refractivity contribution in [3.8, 4) is 5.75 Å². The maximum Gasteiger partial charge on any atom is 0.123 e. The molecule has 0 fully saturated rings. The Labute approximate surface area is 127 Å². The standard InChI is InChI=1S/C18H24N2O/c1-14-9-11-15(12-10-14)20(3)13-17(19-2)16-7-5-6-8-18(16)21-4/h5-12,17,19H,13H2,1-4H3. The fraction of sp³-hybridized carbons (Fsp3) is 0.333. The minimum absolute atomic E-state index is 0.215. The van der Waals surface area contributed by atoms with Crippen LogP contribution in [-0.2, 0) is 0 Å². The van der Waals surface area contributed by atoms with Crippen LogP contribution in [0.3, 0.4) is 0 Å². The summed E-state index contributed by atoms with van der Waals surface area (Å²) in [6.45, 7) is 2.98. The lowest BCUT2D eigenvalue weighted by Crippen LogP contribution is -2.31. The Hall–Kier alpha value is -2.00. The van der Waals surface area contributed by atoms with Gasteiger partial charge in [0.25, 0.3) is 0 Å². The summed E-state index contributed by atoms with van der Waals surface area (Å²) < 4.78 is 5.47. The number of nitrogens with one attached hydrogen (secondary N) is 1. The average molecular weight is 284 g/mol. The van der Waals surface area contributed by atoms with Crippen LogP contribution in [0.1, 0.15) is 17.2 Å². The second-order valence-electron chi connectivity index (χ2n) is 5.30. The third-order valence-electron chi connectivity index (χ3n) is 3.79. The normalized spacial score (nSPS) is 12.0. The van der Waals surface area contributed by atoms with Gasteiger partial charge in [-0.05, 0) is 32.2 Å². The quantitative estimate of drug-likeness (QED) is 0.880. The molecular formula is C18H24N2O. The molecule has 3 heteroatoms. The first-order valence-electron chi connectivity index (χ1n) is 7.23. The molecule has 1 atom stereocenters. The zero-order valence-electron chi connectivity index (χ0n) is 13.3. The van der Waals surface area contributed by atoms with Crippen LogP contribution >= 0.6 is 0 Å². The van der Waals surface area contributed by atoms with Crippen LogP contribution in [0.25, 0.3) is 0 Å². The number of nitrogens with zero attached hydrogens (tertiary/aromatic N) is 1. The Morgan fingerprint density at radius 2 is 1.76 bits per heavy atom. The number of hydrogen-bond donors (Lipinski definition) is 1. The summed E-state index contributed by atoms with van der Waals surface area (Å²) in [7, 11) is 5.82. The van der Waals surface area contributed by atoms with Crippen LogP contribution in [-0.4, -0.2) is 27.7 Å². The first kappa shape index (κ1) is 15.4. The Balaban J connectivity index is 2.16. The molecule has 0 aromatic heterocycles. The molecule has 2 rings (SSSR count). The maximum atomic E-state index is 5.47. The van der Waals surface area contributed by atoms with Crippen molar-refractivity contribution in [1.29, 1.82) is 0 Å². The molecule has 112 valence electrons. The van der Waals surface area contributed by atoms with Gasteiger partial charge in [0.1, 0.15) is 5.75 Å². The summed E-state index contributed by atoms with van der Waals surface area (Å²) in [6, 6.07) is 17.0. The number of aryl methyl sites for hydroxylation is 1. The van der Waals surface area contributed by atoms with Crippen molar-refractivity contribution >= 4 is 5.69 Å². The number of benzene rings is 2. The Bertz CT molecular complexity index is 566. The van der Waals surface area contributed by atoms with E-state index in [0.29, 0.717) is 0 Å². The van der Waals surface area contributed by atoms with Crippen LogP contribution < -0.4 is 15.0 Å². The summed E-state index contributed by atoms with van der Waals surface area (Å²) in [4.78, 5) is 2.26. The molecule has 3 nitrogen and oxygen atoms in total. The fourth-order valence-corrected chi connectivity index (χ4v) is 2.48. The van der Waals surface area contributed by atoms with E-state index in [9.17, 15) is 0 Å². The van der Waals surface area contributed by atoms with E-state index in [1.165, 1.54) is 16.8 Å². The summed E-state index contributed by atoms with van der Waals surface area (Å²) in [6.07, 6.45) is 0. The Morgan fingerprint density at radius 3 is 2.38 bits per heavy atom. The van der Waals surface area contributed by atoms with Gasteiger partial charge in [0, 0.05) is 24.8 Å². The molecule has 1 N–H and O–H groups in total. The highest BCUT2D eigenvalue weighted by Crippen LogP contribution is 2.26. The SMILES string of the molecule is CNC(CN(C)c1ccc(C)cc1)c1ccccc1OC. The molecular weight excluding hydrogens is 260 g/mol. The monoisotopic (exact) mass is 284 g/mol. The van der Waals surface area contributed by atoms with Crippen molar-refractivity contribution in [3.05, 3.63) is 59.7 Å². The summed E-state index contributed by atoms with van der Waals surface area (Å²) in [5.74, 6) is 0.925. The van der Waals surface area contributed by atoms with E-state index < -0.39 is 0 Å². The lowest BCUT2D eigenvalue weighted by molar-refractivity contribution is 0.401. The van der Waals surface area contributed by atoms with E-state index in [4.69, 9.17) is 4.74 Å². The van der Waals surface area contributed by atoms with Gasteiger partial charge in [0.2, 0.25) is 0 Å². The van der Waals surface area contributed by atoms with Gasteiger partial charge in [-0.3, -0.25) is 0 Å².